The van der Waals surface area contributed by atoms with E-state index in [-0.39, 0.29) is 23.8 Å². The van der Waals surface area contributed by atoms with Crippen LogP contribution in [-0.4, -0.2) is 47.8 Å². The Morgan fingerprint density at radius 1 is 1.35 bits per heavy atom. The van der Waals surface area contributed by atoms with Crippen LogP contribution in [0.15, 0.2) is 23.1 Å². The van der Waals surface area contributed by atoms with E-state index in [1.165, 1.54) is 11.8 Å². The van der Waals surface area contributed by atoms with Crippen LogP contribution in [0.3, 0.4) is 0 Å². The maximum Gasteiger partial charge on any atom is 0.340 e. The van der Waals surface area contributed by atoms with Gasteiger partial charge in [0.1, 0.15) is 11.3 Å². The maximum absolute atomic E-state index is 11.9. The highest BCUT2D eigenvalue weighted by Gasteiger charge is 2.20. The molecule has 1 N–H and O–H groups in total. The van der Waals surface area contributed by atoms with Crippen molar-refractivity contribution in [2.45, 2.75) is 17.7 Å². The Bertz CT molecular complexity index is 512. The fourth-order valence-corrected chi connectivity index (χ4v) is 2.82. The van der Waals surface area contributed by atoms with Gasteiger partial charge >= 0.3 is 5.97 Å². The van der Waals surface area contributed by atoms with E-state index in [0.29, 0.717) is 4.90 Å². The molecule has 1 amide bonds. The molecule has 1 aliphatic rings. The highest BCUT2D eigenvalue weighted by atomic mass is 32.2. The van der Waals surface area contributed by atoms with Gasteiger partial charge in [0.05, 0.1) is 0 Å². The molecular formula is C14H17NO4S. The average Bonchev–Trinajstić information content (AvgIpc) is 2.98. The number of amides is 1. The molecule has 0 aliphatic carbocycles. The summed E-state index contributed by atoms with van der Waals surface area (Å²) in [4.78, 5) is 25.6. The standard InChI is InChI=1S/C14H17NO4S/c1-20-11-6-4-5-10(13(11)14(17)18)19-9-12(16)15-7-2-3-8-15/h4-6H,2-3,7-9H2,1H3,(H,17,18). The Balaban J connectivity index is 2.09. The first-order valence-electron chi connectivity index (χ1n) is 6.44. The summed E-state index contributed by atoms with van der Waals surface area (Å²) in [5.74, 6) is -0.885. The number of aromatic carboxylic acids is 1. The molecule has 1 aromatic carbocycles. The summed E-state index contributed by atoms with van der Waals surface area (Å²) in [5.41, 5.74) is 0.120. The van der Waals surface area contributed by atoms with E-state index in [4.69, 9.17) is 4.74 Å². The van der Waals surface area contributed by atoms with E-state index in [1.807, 2.05) is 0 Å². The number of ether oxygens (including phenoxy) is 1. The van der Waals surface area contributed by atoms with Gasteiger partial charge in [-0.05, 0) is 31.2 Å². The Morgan fingerprint density at radius 3 is 2.65 bits per heavy atom. The second-order valence-corrected chi connectivity index (χ2v) is 5.36. The maximum atomic E-state index is 11.9. The predicted molar refractivity (Wildman–Crippen MR) is 76.5 cm³/mol. The molecule has 2 rings (SSSR count). The molecule has 0 aromatic heterocycles. The molecule has 0 unspecified atom stereocenters. The van der Waals surface area contributed by atoms with Gasteiger partial charge in [-0.3, -0.25) is 4.79 Å². The number of carbonyl (C=O) groups excluding carboxylic acids is 1. The number of carbonyl (C=O) groups is 2. The van der Waals surface area contributed by atoms with Crippen LogP contribution in [0.25, 0.3) is 0 Å². The lowest BCUT2D eigenvalue weighted by atomic mass is 10.2. The van der Waals surface area contributed by atoms with Gasteiger partial charge in [-0.15, -0.1) is 11.8 Å². The first-order chi connectivity index (χ1) is 9.63. The molecule has 20 heavy (non-hydrogen) atoms. The molecule has 1 fully saturated rings. The van der Waals surface area contributed by atoms with Crippen molar-refractivity contribution in [2.24, 2.45) is 0 Å². The molecule has 0 bridgehead atoms. The number of hydrogen-bond acceptors (Lipinski definition) is 4. The summed E-state index contributed by atoms with van der Waals surface area (Å²) in [6, 6.07) is 5.04. The van der Waals surface area contributed by atoms with Gasteiger partial charge in [0, 0.05) is 18.0 Å². The van der Waals surface area contributed by atoms with Crippen LogP contribution in [0.4, 0.5) is 0 Å². The largest absolute Gasteiger partial charge is 0.483 e. The minimum Gasteiger partial charge on any atom is -0.483 e. The zero-order valence-corrected chi connectivity index (χ0v) is 12.1. The quantitative estimate of drug-likeness (QED) is 0.843. The smallest absolute Gasteiger partial charge is 0.340 e. The lowest BCUT2D eigenvalue weighted by Gasteiger charge is -2.16. The van der Waals surface area contributed by atoms with E-state index in [1.54, 1.807) is 29.4 Å². The second kappa shape index (κ2) is 6.65. The third-order valence-corrected chi connectivity index (χ3v) is 4.01. The fraction of sp³-hybridized carbons (Fsp3) is 0.429. The lowest BCUT2D eigenvalue weighted by molar-refractivity contribution is -0.132. The highest BCUT2D eigenvalue weighted by molar-refractivity contribution is 7.98. The zero-order chi connectivity index (χ0) is 14.5. The van der Waals surface area contributed by atoms with Crippen molar-refractivity contribution in [1.82, 2.24) is 4.90 Å². The lowest BCUT2D eigenvalue weighted by Crippen LogP contribution is -2.32. The number of hydrogen-bond donors (Lipinski definition) is 1. The Hall–Kier alpha value is -1.69. The molecule has 1 aliphatic heterocycles. The third kappa shape index (κ3) is 3.25. The molecule has 5 nitrogen and oxygen atoms in total. The normalized spacial score (nSPS) is 14.3. The molecule has 1 heterocycles. The van der Waals surface area contributed by atoms with E-state index >= 15 is 0 Å². The van der Waals surface area contributed by atoms with Gasteiger partial charge in [0.2, 0.25) is 0 Å². The van der Waals surface area contributed by atoms with Crippen LogP contribution in [0.1, 0.15) is 23.2 Å². The van der Waals surface area contributed by atoms with Crippen molar-refractivity contribution in [3.63, 3.8) is 0 Å². The van der Waals surface area contributed by atoms with Crippen molar-refractivity contribution in [3.05, 3.63) is 23.8 Å². The predicted octanol–water partition coefficient (Wildman–Crippen LogP) is 2.11. The number of carboxylic acids is 1. The number of benzene rings is 1. The summed E-state index contributed by atoms with van der Waals surface area (Å²) in [6.45, 7) is 1.41. The summed E-state index contributed by atoms with van der Waals surface area (Å²) in [5, 5.41) is 9.27. The molecule has 6 heteroatoms. The van der Waals surface area contributed by atoms with E-state index < -0.39 is 5.97 Å². The number of thioether (sulfide) groups is 1. The van der Waals surface area contributed by atoms with E-state index in [9.17, 15) is 14.7 Å². The number of rotatable bonds is 5. The molecular weight excluding hydrogens is 278 g/mol. The van der Waals surface area contributed by atoms with E-state index in [0.717, 1.165) is 25.9 Å². The SMILES string of the molecule is CSc1cccc(OCC(=O)N2CCCC2)c1C(=O)O. The van der Waals surface area contributed by atoms with Crippen LogP contribution >= 0.6 is 11.8 Å². The third-order valence-electron chi connectivity index (χ3n) is 3.23. The summed E-state index contributed by atoms with van der Waals surface area (Å²) >= 11 is 1.34. The van der Waals surface area contributed by atoms with E-state index in [2.05, 4.69) is 0 Å². The highest BCUT2D eigenvalue weighted by Crippen LogP contribution is 2.28. The molecule has 1 saturated heterocycles. The molecule has 0 saturated carbocycles. The topological polar surface area (TPSA) is 66.8 Å². The minimum atomic E-state index is -1.04. The van der Waals surface area contributed by atoms with Crippen molar-refractivity contribution >= 4 is 23.6 Å². The summed E-state index contributed by atoms with van der Waals surface area (Å²) in [6.07, 6.45) is 3.85. The fourth-order valence-electron chi connectivity index (χ4n) is 2.21. The number of likely N-dealkylation sites (tertiary alicyclic amines) is 1. The van der Waals surface area contributed by atoms with Gasteiger partial charge in [0.15, 0.2) is 6.61 Å². The monoisotopic (exact) mass is 295 g/mol. The molecule has 0 atom stereocenters. The summed E-state index contributed by atoms with van der Waals surface area (Å²) < 4.78 is 5.43. The van der Waals surface area contributed by atoms with Gasteiger partial charge in [-0.25, -0.2) is 4.79 Å². The van der Waals surface area contributed by atoms with Gasteiger partial charge in [-0.1, -0.05) is 6.07 Å². The second-order valence-electron chi connectivity index (χ2n) is 4.52. The first kappa shape index (κ1) is 14.7. The molecule has 108 valence electrons. The average molecular weight is 295 g/mol. The number of nitrogens with zero attached hydrogens (tertiary/aromatic N) is 1. The Labute approximate surface area is 121 Å². The van der Waals surface area contributed by atoms with Crippen molar-refractivity contribution < 1.29 is 19.4 Å². The van der Waals surface area contributed by atoms with Crippen molar-refractivity contribution in [1.29, 1.82) is 0 Å². The molecule has 0 radical (unpaired) electrons. The van der Waals surface area contributed by atoms with Crippen LogP contribution in [0.2, 0.25) is 0 Å². The number of carboxylic acid groups (broad SMARTS) is 1. The van der Waals surface area contributed by atoms with Gasteiger partial charge in [0.25, 0.3) is 5.91 Å². The minimum absolute atomic E-state index is 0.0895. The zero-order valence-electron chi connectivity index (χ0n) is 11.3. The van der Waals surface area contributed by atoms with Crippen LogP contribution < -0.4 is 4.74 Å². The van der Waals surface area contributed by atoms with Gasteiger partial charge < -0.3 is 14.7 Å². The van der Waals surface area contributed by atoms with Crippen LogP contribution in [-0.2, 0) is 4.79 Å². The first-order valence-corrected chi connectivity index (χ1v) is 7.67. The molecule has 0 spiro atoms. The van der Waals surface area contributed by atoms with Crippen LogP contribution in [0, 0.1) is 0 Å². The van der Waals surface area contributed by atoms with Crippen molar-refractivity contribution in [3.8, 4) is 5.75 Å². The summed E-state index contributed by atoms with van der Waals surface area (Å²) in [7, 11) is 0. The Kier molecular flexibility index (Phi) is 4.89. The Morgan fingerprint density at radius 2 is 2.05 bits per heavy atom. The molecule has 1 aromatic rings. The van der Waals surface area contributed by atoms with Crippen molar-refractivity contribution in [2.75, 3.05) is 26.0 Å². The van der Waals surface area contributed by atoms with Gasteiger partial charge in [-0.2, -0.15) is 0 Å². The van der Waals surface area contributed by atoms with Crippen LogP contribution in [0.5, 0.6) is 5.75 Å².